The van der Waals surface area contributed by atoms with E-state index in [1.54, 1.807) is 0 Å². The second-order valence-electron chi connectivity index (χ2n) is 5.41. The standard InChI is InChI=1S/C18H21N3/c1-3-14-8-10-15(11-9-14)12-19-13(2)18-20-16-6-4-5-7-17(16)21-18/h4-11,13,19H,3,12H2,1-2H3,(H,20,21). The van der Waals surface area contributed by atoms with Gasteiger partial charge in [0.2, 0.25) is 0 Å². The maximum atomic E-state index is 4.63. The Morgan fingerprint density at radius 2 is 1.76 bits per heavy atom. The van der Waals surface area contributed by atoms with Gasteiger partial charge in [0.25, 0.3) is 0 Å². The van der Waals surface area contributed by atoms with E-state index >= 15 is 0 Å². The van der Waals surface area contributed by atoms with Gasteiger partial charge in [-0.1, -0.05) is 43.3 Å². The topological polar surface area (TPSA) is 40.7 Å². The van der Waals surface area contributed by atoms with Crippen LogP contribution in [0, 0.1) is 0 Å². The molecule has 2 N–H and O–H groups in total. The summed E-state index contributed by atoms with van der Waals surface area (Å²) in [5, 5.41) is 3.52. The first-order valence-electron chi connectivity index (χ1n) is 7.52. The molecule has 3 nitrogen and oxygen atoms in total. The van der Waals surface area contributed by atoms with Crippen molar-refractivity contribution in [1.82, 2.24) is 15.3 Å². The first-order chi connectivity index (χ1) is 10.3. The van der Waals surface area contributed by atoms with Crippen molar-refractivity contribution in [2.45, 2.75) is 32.9 Å². The zero-order valence-corrected chi connectivity index (χ0v) is 12.6. The lowest BCUT2D eigenvalue weighted by Crippen LogP contribution is -2.19. The zero-order chi connectivity index (χ0) is 14.7. The molecule has 1 atom stereocenters. The number of H-pyrrole nitrogens is 1. The van der Waals surface area contributed by atoms with Gasteiger partial charge in [0, 0.05) is 6.54 Å². The molecule has 0 saturated heterocycles. The van der Waals surface area contributed by atoms with Crippen LogP contribution in [0.5, 0.6) is 0 Å². The Morgan fingerprint density at radius 3 is 2.48 bits per heavy atom. The quantitative estimate of drug-likeness (QED) is 0.741. The van der Waals surface area contributed by atoms with Crippen LogP contribution in [0.4, 0.5) is 0 Å². The fourth-order valence-electron chi connectivity index (χ4n) is 2.44. The zero-order valence-electron chi connectivity index (χ0n) is 12.6. The van der Waals surface area contributed by atoms with Gasteiger partial charge in [0.05, 0.1) is 17.1 Å². The van der Waals surface area contributed by atoms with E-state index < -0.39 is 0 Å². The molecule has 3 rings (SSSR count). The highest BCUT2D eigenvalue weighted by Crippen LogP contribution is 2.16. The lowest BCUT2D eigenvalue weighted by Gasteiger charge is -2.11. The Balaban J connectivity index is 1.66. The molecule has 0 amide bonds. The van der Waals surface area contributed by atoms with Crippen molar-refractivity contribution in [1.29, 1.82) is 0 Å². The highest BCUT2D eigenvalue weighted by Gasteiger charge is 2.09. The fourth-order valence-corrected chi connectivity index (χ4v) is 2.44. The molecule has 1 aromatic heterocycles. The lowest BCUT2D eigenvalue weighted by atomic mass is 10.1. The minimum Gasteiger partial charge on any atom is -0.341 e. The summed E-state index contributed by atoms with van der Waals surface area (Å²) < 4.78 is 0. The summed E-state index contributed by atoms with van der Waals surface area (Å²) in [7, 11) is 0. The third-order valence-electron chi connectivity index (χ3n) is 3.86. The smallest absolute Gasteiger partial charge is 0.124 e. The number of aromatic nitrogens is 2. The molecule has 0 bridgehead atoms. The maximum Gasteiger partial charge on any atom is 0.124 e. The molecule has 0 saturated carbocycles. The average Bonchev–Trinajstić information content (AvgIpc) is 2.97. The summed E-state index contributed by atoms with van der Waals surface area (Å²) >= 11 is 0. The van der Waals surface area contributed by atoms with Crippen LogP contribution in [0.2, 0.25) is 0 Å². The predicted molar refractivity (Wildman–Crippen MR) is 87.2 cm³/mol. The number of fused-ring (bicyclic) bond motifs is 1. The molecule has 2 aromatic carbocycles. The number of nitrogens with one attached hydrogen (secondary N) is 2. The molecule has 1 heterocycles. The number of para-hydroxylation sites is 2. The Labute approximate surface area is 125 Å². The van der Waals surface area contributed by atoms with Crippen LogP contribution in [-0.4, -0.2) is 9.97 Å². The van der Waals surface area contributed by atoms with E-state index in [9.17, 15) is 0 Å². The summed E-state index contributed by atoms with van der Waals surface area (Å²) in [6.45, 7) is 5.16. The van der Waals surface area contributed by atoms with Crippen LogP contribution >= 0.6 is 0 Å². The normalized spacial score (nSPS) is 12.7. The first-order valence-corrected chi connectivity index (χ1v) is 7.52. The van der Waals surface area contributed by atoms with E-state index in [2.05, 4.69) is 59.5 Å². The van der Waals surface area contributed by atoms with E-state index in [0.29, 0.717) is 0 Å². The Hall–Kier alpha value is -2.13. The number of benzene rings is 2. The molecular formula is C18H21N3. The van der Waals surface area contributed by atoms with Crippen LogP contribution in [0.25, 0.3) is 11.0 Å². The van der Waals surface area contributed by atoms with E-state index in [-0.39, 0.29) is 6.04 Å². The third-order valence-corrected chi connectivity index (χ3v) is 3.86. The molecule has 0 aliphatic carbocycles. The van der Waals surface area contributed by atoms with Gasteiger partial charge >= 0.3 is 0 Å². The van der Waals surface area contributed by atoms with E-state index in [1.807, 2.05) is 18.2 Å². The van der Waals surface area contributed by atoms with E-state index in [1.165, 1.54) is 11.1 Å². The van der Waals surface area contributed by atoms with Gasteiger partial charge in [-0.15, -0.1) is 0 Å². The van der Waals surface area contributed by atoms with Crippen LogP contribution < -0.4 is 5.32 Å². The van der Waals surface area contributed by atoms with Gasteiger partial charge in [-0.25, -0.2) is 4.98 Å². The number of nitrogens with zero attached hydrogens (tertiary/aromatic N) is 1. The van der Waals surface area contributed by atoms with Gasteiger partial charge in [-0.2, -0.15) is 0 Å². The van der Waals surface area contributed by atoms with Crippen molar-refractivity contribution < 1.29 is 0 Å². The molecule has 1 unspecified atom stereocenters. The Kier molecular flexibility index (Phi) is 4.02. The number of imidazole rings is 1. The van der Waals surface area contributed by atoms with Crippen LogP contribution in [-0.2, 0) is 13.0 Å². The van der Waals surface area contributed by atoms with Crippen LogP contribution in [0.3, 0.4) is 0 Å². The summed E-state index contributed by atoms with van der Waals surface area (Å²) in [4.78, 5) is 8.01. The second-order valence-corrected chi connectivity index (χ2v) is 5.41. The third kappa shape index (κ3) is 3.14. The highest BCUT2D eigenvalue weighted by atomic mass is 15.0. The number of rotatable bonds is 5. The lowest BCUT2D eigenvalue weighted by molar-refractivity contribution is 0.552. The molecule has 0 radical (unpaired) electrons. The van der Waals surface area contributed by atoms with Gasteiger partial charge in [0.1, 0.15) is 5.82 Å². The SMILES string of the molecule is CCc1ccc(CNC(C)c2nc3ccccc3[nH]2)cc1. The van der Waals surface area contributed by atoms with Crippen molar-refractivity contribution in [2.75, 3.05) is 0 Å². The molecule has 0 spiro atoms. The Bertz CT molecular complexity index is 680. The van der Waals surface area contributed by atoms with Gasteiger partial charge < -0.3 is 10.3 Å². The van der Waals surface area contributed by atoms with E-state index in [0.717, 1.165) is 29.8 Å². The molecule has 0 aliphatic rings. The largest absolute Gasteiger partial charge is 0.341 e. The molecule has 21 heavy (non-hydrogen) atoms. The summed E-state index contributed by atoms with van der Waals surface area (Å²) in [6.07, 6.45) is 1.09. The minimum atomic E-state index is 0.197. The van der Waals surface area contributed by atoms with Gasteiger partial charge in [0.15, 0.2) is 0 Å². The molecule has 0 aliphatic heterocycles. The molecule has 3 heteroatoms. The summed E-state index contributed by atoms with van der Waals surface area (Å²) in [5.74, 6) is 0.987. The number of aromatic amines is 1. The van der Waals surface area contributed by atoms with Crippen molar-refractivity contribution >= 4 is 11.0 Å². The first kappa shape index (κ1) is 13.8. The summed E-state index contributed by atoms with van der Waals surface area (Å²) in [6, 6.07) is 17.1. The monoisotopic (exact) mass is 279 g/mol. The van der Waals surface area contributed by atoms with Crippen molar-refractivity contribution in [2.24, 2.45) is 0 Å². The average molecular weight is 279 g/mol. The van der Waals surface area contributed by atoms with Gasteiger partial charge in [-0.3, -0.25) is 0 Å². The van der Waals surface area contributed by atoms with Crippen molar-refractivity contribution in [3.63, 3.8) is 0 Å². The van der Waals surface area contributed by atoms with Crippen molar-refractivity contribution in [3.05, 3.63) is 65.5 Å². The predicted octanol–water partition coefficient (Wildman–Crippen LogP) is 3.98. The molecule has 0 fully saturated rings. The number of hydrogen-bond acceptors (Lipinski definition) is 2. The number of hydrogen-bond donors (Lipinski definition) is 2. The van der Waals surface area contributed by atoms with Crippen molar-refractivity contribution in [3.8, 4) is 0 Å². The van der Waals surface area contributed by atoms with E-state index in [4.69, 9.17) is 0 Å². The summed E-state index contributed by atoms with van der Waals surface area (Å²) in [5.41, 5.74) is 4.79. The molecule has 108 valence electrons. The second kappa shape index (κ2) is 6.10. The highest BCUT2D eigenvalue weighted by molar-refractivity contribution is 5.74. The van der Waals surface area contributed by atoms with Crippen LogP contribution in [0.1, 0.15) is 36.8 Å². The molecule has 3 aromatic rings. The fraction of sp³-hybridized carbons (Fsp3) is 0.278. The molecular weight excluding hydrogens is 258 g/mol. The maximum absolute atomic E-state index is 4.63. The Morgan fingerprint density at radius 1 is 1.05 bits per heavy atom. The minimum absolute atomic E-state index is 0.197. The van der Waals surface area contributed by atoms with Crippen LogP contribution in [0.15, 0.2) is 48.5 Å². The number of aryl methyl sites for hydroxylation is 1. The van der Waals surface area contributed by atoms with Gasteiger partial charge in [-0.05, 0) is 36.6 Å².